The summed E-state index contributed by atoms with van der Waals surface area (Å²) in [5.74, 6) is 0.248. The zero-order valence-electron chi connectivity index (χ0n) is 14.6. The lowest BCUT2D eigenvalue weighted by Gasteiger charge is -2.11. The molecule has 0 fully saturated rings. The summed E-state index contributed by atoms with van der Waals surface area (Å²) in [5, 5.41) is 2.95. The number of rotatable bonds is 7. The van der Waals surface area contributed by atoms with Gasteiger partial charge in [0.05, 0.1) is 17.2 Å². The zero-order chi connectivity index (χ0) is 19.3. The highest BCUT2D eigenvalue weighted by Gasteiger charge is 2.14. The van der Waals surface area contributed by atoms with Crippen LogP contribution in [0.4, 0.5) is 21.5 Å². The lowest BCUT2D eigenvalue weighted by Crippen LogP contribution is -2.12. The molecule has 5 nitrogen and oxygen atoms in total. The fraction of sp³-hybridized carbons (Fsp3) is 0.100. The van der Waals surface area contributed by atoms with Gasteiger partial charge >= 0.3 is 0 Å². The second kappa shape index (κ2) is 8.09. The Morgan fingerprint density at radius 3 is 2.15 bits per heavy atom. The van der Waals surface area contributed by atoms with Crippen LogP contribution in [0.25, 0.3) is 0 Å². The van der Waals surface area contributed by atoms with Crippen molar-refractivity contribution in [1.29, 1.82) is 0 Å². The van der Waals surface area contributed by atoms with Gasteiger partial charge in [0.15, 0.2) is 0 Å². The summed E-state index contributed by atoms with van der Waals surface area (Å²) in [6, 6.07) is 19.1. The van der Waals surface area contributed by atoms with Crippen LogP contribution < -0.4 is 14.8 Å². The third kappa shape index (κ3) is 4.77. The minimum absolute atomic E-state index is 0.138. The molecule has 3 aromatic carbocycles. The van der Waals surface area contributed by atoms with Gasteiger partial charge in [-0.15, -0.1) is 0 Å². The molecule has 0 saturated carbocycles. The van der Waals surface area contributed by atoms with Gasteiger partial charge in [0, 0.05) is 11.4 Å². The first-order valence-electron chi connectivity index (χ1n) is 8.35. The van der Waals surface area contributed by atoms with Gasteiger partial charge in [-0.1, -0.05) is 12.1 Å². The second-order valence-electron chi connectivity index (χ2n) is 5.69. The van der Waals surface area contributed by atoms with Crippen molar-refractivity contribution in [3.05, 3.63) is 78.6 Å². The molecule has 0 spiro atoms. The van der Waals surface area contributed by atoms with Crippen LogP contribution in [0.2, 0.25) is 0 Å². The Labute approximate surface area is 157 Å². The molecule has 0 radical (unpaired) electrons. The highest BCUT2D eigenvalue weighted by Crippen LogP contribution is 2.23. The highest BCUT2D eigenvalue weighted by atomic mass is 32.2. The molecule has 0 unspecified atom stereocenters. The van der Waals surface area contributed by atoms with Gasteiger partial charge < -0.3 is 10.1 Å². The Hall–Kier alpha value is -3.06. The SMILES string of the molecule is CCOc1ccc(S(=O)(=O)Nc2ccc(Nc3ccccc3F)cc2)cc1. The summed E-state index contributed by atoms with van der Waals surface area (Å²) in [6.07, 6.45) is 0. The molecule has 2 N–H and O–H groups in total. The van der Waals surface area contributed by atoms with Gasteiger partial charge in [0.1, 0.15) is 11.6 Å². The van der Waals surface area contributed by atoms with Crippen molar-refractivity contribution >= 4 is 27.1 Å². The maximum absolute atomic E-state index is 13.7. The van der Waals surface area contributed by atoms with Crippen LogP contribution >= 0.6 is 0 Å². The zero-order valence-corrected chi connectivity index (χ0v) is 15.5. The Morgan fingerprint density at radius 1 is 0.889 bits per heavy atom. The third-order valence-electron chi connectivity index (χ3n) is 3.74. The fourth-order valence-corrected chi connectivity index (χ4v) is 3.49. The van der Waals surface area contributed by atoms with E-state index in [1.807, 2.05) is 6.92 Å². The number of hydrogen-bond acceptors (Lipinski definition) is 4. The van der Waals surface area contributed by atoms with Gasteiger partial charge in [-0.2, -0.15) is 0 Å². The lowest BCUT2D eigenvalue weighted by atomic mass is 10.2. The number of hydrogen-bond donors (Lipinski definition) is 2. The van der Waals surface area contributed by atoms with Crippen LogP contribution in [0.3, 0.4) is 0 Å². The quantitative estimate of drug-likeness (QED) is 0.614. The third-order valence-corrected chi connectivity index (χ3v) is 5.13. The number of nitrogens with one attached hydrogen (secondary N) is 2. The van der Waals surface area contributed by atoms with Crippen molar-refractivity contribution in [3.8, 4) is 5.75 Å². The fourth-order valence-electron chi connectivity index (χ4n) is 2.44. The maximum atomic E-state index is 13.7. The smallest absolute Gasteiger partial charge is 0.261 e. The van der Waals surface area contributed by atoms with Crippen LogP contribution in [0.15, 0.2) is 77.7 Å². The van der Waals surface area contributed by atoms with E-state index in [1.54, 1.807) is 54.6 Å². The van der Waals surface area contributed by atoms with E-state index in [4.69, 9.17) is 4.74 Å². The van der Waals surface area contributed by atoms with Gasteiger partial charge in [-0.05, 0) is 67.6 Å². The largest absolute Gasteiger partial charge is 0.494 e. The average molecular weight is 386 g/mol. The summed E-state index contributed by atoms with van der Waals surface area (Å²) in [4.78, 5) is 0.138. The summed E-state index contributed by atoms with van der Waals surface area (Å²) >= 11 is 0. The molecular weight excluding hydrogens is 367 g/mol. The minimum atomic E-state index is -3.71. The average Bonchev–Trinajstić information content (AvgIpc) is 2.66. The Balaban J connectivity index is 1.70. The number of ether oxygens (including phenoxy) is 1. The lowest BCUT2D eigenvalue weighted by molar-refractivity contribution is 0.340. The second-order valence-corrected chi connectivity index (χ2v) is 7.37. The van der Waals surface area contributed by atoms with Crippen molar-refractivity contribution in [2.45, 2.75) is 11.8 Å². The Bertz CT molecular complexity index is 1000. The van der Waals surface area contributed by atoms with Gasteiger partial charge in [-0.25, -0.2) is 12.8 Å². The molecule has 7 heteroatoms. The molecule has 0 aliphatic rings. The predicted octanol–water partition coefficient (Wildman–Crippen LogP) is 4.77. The summed E-state index contributed by atoms with van der Waals surface area (Å²) in [6.45, 7) is 2.37. The van der Waals surface area contributed by atoms with E-state index in [0.717, 1.165) is 0 Å². The molecule has 3 aromatic rings. The number of para-hydroxylation sites is 1. The molecule has 0 aliphatic carbocycles. The summed E-state index contributed by atoms with van der Waals surface area (Å²) in [7, 11) is -3.71. The monoisotopic (exact) mass is 386 g/mol. The van der Waals surface area contributed by atoms with Crippen LogP contribution in [0.5, 0.6) is 5.75 Å². The van der Waals surface area contributed by atoms with Crippen LogP contribution in [0, 0.1) is 5.82 Å². The number of halogens is 1. The number of sulfonamides is 1. The van der Waals surface area contributed by atoms with Crippen molar-refractivity contribution in [2.24, 2.45) is 0 Å². The van der Waals surface area contributed by atoms with Gasteiger partial charge in [-0.3, -0.25) is 4.72 Å². The molecule has 27 heavy (non-hydrogen) atoms. The van der Waals surface area contributed by atoms with Crippen LogP contribution in [0.1, 0.15) is 6.92 Å². The summed E-state index contributed by atoms with van der Waals surface area (Å²) < 4.78 is 46.5. The first kappa shape index (κ1) is 18.7. The number of benzene rings is 3. The van der Waals surface area contributed by atoms with Crippen molar-refractivity contribution in [3.63, 3.8) is 0 Å². The van der Waals surface area contributed by atoms with Crippen molar-refractivity contribution in [1.82, 2.24) is 0 Å². The minimum Gasteiger partial charge on any atom is -0.494 e. The predicted molar refractivity (Wildman–Crippen MR) is 105 cm³/mol. The molecule has 0 saturated heterocycles. The van der Waals surface area contributed by atoms with E-state index < -0.39 is 10.0 Å². The van der Waals surface area contributed by atoms with Gasteiger partial charge in [0.2, 0.25) is 0 Å². The standard InChI is InChI=1S/C20H19FN2O3S/c1-2-26-17-11-13-18(14-12-17)27(24,25)23-16-9-7-15(8-10-16)22-20-6-4-3-5-19(20)21/h3-14,22-23H,2H2,1H3. The first-order chi connectivity index (χ1) is 13.0. The molecule has 0 heterocycles. The molecule has 0 amide bonds. The van der Waals surface area contributed by atoms with E-state index in [-0.39, 0.29) is 10.7 Å². The molecule has 140 valence electrons. The maximum Gasteiger partial charge on any atom is 0.261 e. The van der Waals surface area contributed by atoms with E-state index >= 15 is 0 Å². The topological polar surface area (TPSA) is 67.4 Å². The molecule has 0 bridgehead atoms. The Morgan fingerprint density at radius 2 is 1.52 bits per heavy atom. The van der Waals surface area contributed by atoms with E-state index in [2.05, 4.69) is 10.0 Å². The first-order valence-corrected chi connectivity index (χ1v) is 9.83. The molecule has 0 aromatic heterocycles. The highest BCUT2D eigenvalue weighted by molar-refractivity contribution is 7.92. The normalized spacial score (nSPS) is 11.0. The van der Waals surface area contributed by atoms with E-state index in [1.165, 1.54) is 18.2 Å². The van der Waals surface area contributed by atoms with Crippen LogP contribution in [-0.2, 0) is 10.0 Å². The molecular formula is C20H19FN2O3S. The van der Waals surface area contributed by atoms with Gasteiger partial charge in [0.25, 0.3) is 10.0 Å². The van der Waals surface area contributed by atoms with Crippen LogP contribution in [-0.4, -0.2) is 15.0 Å². The van der Waals surface area contributed by atoms with Crippen molar-refractivity contribution in [2.75, 3.05) is 16.6 Å². The Kier molecular flexibility index (Phi) is 5.61. The number of anilines is 3. The molecule has 3 rings (SSSR count). The molecule has 0 atom stereocenters. The van der Waals surface area contributed by atoms with E-state index in [0.29, 0.717) is 29.4 Å². The summed E-state index contributed by atoms with van der Waals surface area (Å²) in [5.41, 5.74) is 1.40. The molecule has 0 aliphatic heterocycles. The van der Waals surface area contributed by atoms with E-state index in [9.17, 15) is 12.8 Å². The van der Waals surface area contributed by atoms with Crippen molar-refractivity contribution < 1.29 is 17.5 Å².